The number of nitrogens with one attached hydrogen (secondary N) is 1. The van der Waals surface area contributed by atoms with Crippen LogP contribution in [0.3, 0.4) is 0 Å². The van der Waals surface area contributed by atoms with E-state index in [2.05, 4.69) is 4.72 Å². The third-order valence-electron chi connectivity index (χ3n) is 3.02. The van der Waals surface area contributed by atoms with Crippen molar-refractivity contribution < 1.29 is 23.2 Å². The van der Waals surface area contributed by atoms with E-state index < -0.39 is 20.9 Å². The zero-order chi connectivity index (χ0) is 17.2. The first-order valence-corrected chi connectivity index (χ1v) is 7.78. The van der Waals surface area contributed by atoms with Gasteiger partial charge in [-0.2, -0.15) is 0 Å². The van der Waals surface area contributed by atoms with E-state index in [0.717, 1.165) is 12.1 Å². The van der Waals surface area contributed by atoms with E-state index in [1.54, 1.807) is 0 Å². The molecule has 0 heterocycles. The second kappa shape index (κ2) is 6.05. The molecule has 0 saturated heterocycles. The molecule has 0 aliphatic heterocycles. The Labute approximate surface area is 131 Å². The minimum absolute atomic E-state index is 0.0117. The molecule has 120 valence electrons. The fraction of sp³-hybridized carbons (Fsp3) is 0.0714. The quantitative estimate of drug-likeness (QED) is 0.642. The van der Waals surface area contributed by atoms with Crippen LogP contribution in [0.25, 0.3) is 0 Å². The summed E-state index contributed by atoms with van der Waals surface area (Å²) in [6, 6.07) is 8.53. The van der Waals surface area contributed by atoms with Gasteiger partial charge in [-0.1, -0.05) is 18.2 Å². The van der Waals surface area contributed by atoms with Gasteiger partial charge in [0.25, 0.3) is 15.7 Å². The maximum absolute atomic E-state index is 12.4. The summed E-state index contributed by atoms with van der Waals surface area (Å²) in [5.41, 5.74) is -0.225. The number of carbonyl (C=O) groups is 1. The predicted molar refractivity (Wildman–Crippen MR) is 79.4 cm³/mol. The van der Waals surface area contributed by atoms with Crippen LogP contribution in [0.1, 0.15) is 15.9 Å². The van der Waals surface area contributed by atoms with Crippen molar-refractivity contribution in [1.82, 2.24) is 0 Å². The first-order chi connectivity index (χ1) is 10.7. The highest BCUT2D eigenvalue weighted by Crippen LogP contribution is 2.24. The molecule has 0 unspecified atom stereocenters. The molecule has 0 atom stereocenters. The number of carboxylic acid groups (broad SMARTS) is 1. The van der Waals surface area contributed by atoms with Crippen LogP contribution in [-0.4, -0.2) is 19.3 Å². The Bertz CT molecular complexity index is 892. The van der Waals surface area contributed by atoms with Gasteiger partial charge in [-0.05, 0) is 30.2 Å². The van der Waals surface area contributed by atoms with Crippen molar-refractivity contribution in [2.24, 2.45) is 0 Å². The van der Waals surface area contributed by atoms with Gasteiger partial charge in [0.1, 0.15) is 0 Å². The Kier molecular flexibility index (Phi) is 4.32. The van der Waals surface area contributed by atoms with Crippen LogP contribution in [0, 0.1) is 17.0 Å². The highest BCUT2D eigenvalue weighted by atomic mass is 32.2. The predicted octanol–water partition coefficient (Wildman–Crippen LogP) is 1.07. The normalized spacial score (nSPS) is 11.0. The van der Waals surface area contributed by atoms with E-state index in [0.29, 0.717) is 5.56 Å². The Morgan fingerprint density at radius 1 is 1.17 bits per heavy atom. The summed E-state index contributed by atoms with van der Waals surface area (Å²) in [5.74, 6) is -1.45. The third-order valence-corrected chi connectivity index (χ3v) is 4.55. The summed E-state index contributed by atoms with van der Waals surface area (Å²) in [6.45, 7) is 1.50. The van der Waals surface area contributed by atoms with Crippen LogP contribution in [0.4, 0.5) is 11.4 Å². The molecule has 0 saturated carbocycles. The number of benzene rings is 2. The Morgan fingerprint density at radius 3 is 2.48 bits per heavy atom. The average molecular weight is 335 g/mol. The molecule has 0 aliphatic rings. The average Bonchev–Trinajstić information content (AvgIpc) is 2.47. The minimum Gasteiger partial charge on any atom is -0.545 e. The van der Waals surface area contributed by atoms with Crippen LogP contribution in [-0.2, 0) is 10.0 Å². The van der Waals surface area contributed by atoms with Crippen molar-refractivity contribution in [2.45, 2.75) is 11.8 Å². The van der Waals surface area contributed by atoms with Crippen LogP contribution in [0.15, 0.2) is 47.4 Å². The van der Waals surface area contributed by atoms with E-state index >= 15 is 0 Å². The number of sulfonamides is 1. The maximum Gasteiger partial charge on any atom is 0.270 e. The Balaban J connectivity index is 2.43. The first kappa shape index (κ1) is 16.4. The lowest BCUT2D eigenvalue weighted by atomic mass is 10.2. The summed E-state index contributed by atoms with van der Waals surface area (Å²) in [5, 5.41) is 21.6. The molecule has 1 N–H and O–H groups in total. The van der Waals surface area contributed by atoms with E-state index in [1.807, 2.05) is 0 Å². The largest absolute Gasteiger partial charge is 0.545 e. The molecule has 8 nitrogen and oxygen atoms in total. The molecule has 0 bridgehead atoms. The molecule has 0 spiro atoms. The van der Waals surface area contributed by atoms with E-state index in [-0.39, 0.29) is 21.8 Å². The molecule has 0 amide bonds. The number of rotatable bonds is 5. The summed E-state index contributed by atoms with van der Waals surface area (Å²) >= 11 is 0. The Hall–Kier alpha value is -2.94. The van der Waals surface area contributed by atoms with Gasteiger partial charge in [-0.15, -0.1) is 0 Å². The van der Waals surface area contributed by atoms with Gasteiger partial charge in [0.05, 0.1) is 15.8 Å². The SMILES string of the molecule is Cc1ccc([N+](=O)[O-])cc1S(=O)(=O)Nc1cccc(C(=O)[O-])c1. The number of nitrogens with zero attached hydrogens (tertiary/aromatic N) is 1. The van der Waals surface area contributed by atoms with Crippen LogP contribution < -0.4 is 9.83 Å². The number of nitro benzene ring substituents is 1. The minimum atomic E-state index is -4.11. The number of hydrogen-bond acceptors (Lipinski definition) is 6. The zero-order valence-electron chi connectivity index (χ0n) is 11.8. The second-order valence-corrected chi connectivity index (χ2v) is 6.33. The maximum atomic E-state index is 12.4. The fourth-order valence-corrected chi connectivity index (χ4v) is 3.23. The van der Waals surface area contributed by atoms with Gasteiger partial charge >= 0.3 is 0 Å². The van der Waals surface area contributed by atoms with Crippen molar-refractivity contribution in [3.8, 4) is 0 Å². The lowest BCUT2D eigenvalue weighted by Crippen LogP contribution is -2.22. The molecule has 23 heavy (non-hydrogen) atoms. The molecular formula is C14H11N2O6S-. The van der Waals surface area contributed by atoms with Gasteiger partial charge in [-0.25, -0.2) is 8.42 Å². The van der Waals surface area contributed by atoms with E-state index in [1.165, 1.54) is 37.3 Å². The smallest absolute Gasteiger partial charge is 0.270 e. The number of carbonyl (C=O) groups excluding carboxylic acids is 1. The number of hydrogen-bond donors (Lipinski definition) is 1. The molecule has 0 aliphatic carbocycles. The number of nitro groups is 1. The van der Waals surface area contributed by atoms with Crippen molar-refractivity contribution >= 4 is 27.4 Å². The highest BCUT2D eigenvalue weighted by Gasteiger charge is 2.20. The molecule has 0 fully saturated rings. The number of aromatic carboxylic acids is 1. The van der Waals surface area contributed by atoms with Crippen LogP contribution in [0.5, 0.6) is 0 Å². The summed E-state index contributed by atoms with van der Waals surface area (Å²) in [4.78, 5) is 20.6. The summed E-state index contributed by atoms with van der Waals surface area (Å²) in [6.07, 6.45) is 0. The van der Waals surface area contributed by atoms with E-state index in [4.69, 9.17) is 0 Å². The Morgan fingerprint density at radius 2 is 1.87 bits per heavy atom. The first-order valence-electron chi connectivity index (χ1n) is 6.30. The third kappa shape index (κ3) is 3.64. The summed E-state index contributed by atoms with van der Waals surface area (Å²) < 4.78 is 27.0. The molecule has 2 aromatic carbocycles. The topological polar surface area (TPSA) is 129 Å². The van der Waals surface area contributed by atoms with Gasteiger partial charge in [-0.3, -0.25) is 14.8 Å². The van der Waals surface area contributed by atoms with Crippen molar-refractivity contribution in [3.63, 3.8) is 0 Å². The zero-order valence-corrected chi connectivity index (χ0v) is 12.7. The van der Waals surface area contributed by atoms with Crippen LogP contribution in [0.2, 0.25) is 0 Å². The number of non-ortho nitro benzene ring substituents is 1. The van der Waals surface area contributed by atoms with Crippen LogP contribution >= 0.6 is 0 Å². The van der Waals surface area contributed by atoms with Crippen molar-refractivity contribution in [1.29, 1.82) is 0 Å². The number of anilines is 1. The monoisotopic (exact) mass is 335 g/mol. The van der Waals surface area contributed by atoms with Gasteiger partial charge < -0.3 is 9.90 Å². The molecule has 0 radical (unpaired) electrons. The van der Waals surface area contributed by atoms with E-state index in [9.17, 15) is 28.4 Å². The van der Waals surface area contributed by atoms with Gasteiger partial charge in [0.2, 0.25) is 0 Å². The highest BCUT2D eigenvalue weighted by molar-refractivity contribution is 7.92. The molecule has 2 rings (SSSR count). The van der Waals surface area contributed by atoms with Crippen molar-refractivity contribution in [2.75, 3.05) is 4.72 Å². The lowest BCUT2D eigenvalue weighted by Gasteiger charge is -2.11. The number of carboxylic acids is 1. The molecule has 2 aromatic rings. The fourth-order valence-electron chi connectivity index (χ4n) is 1.91. The molecule has 0 aromatic heterocycles. The summed E-state index contributed by atoms with van der Waals surface area (Å²) in [7, 11) is -4.11. The van der Waals surface area contributed by atoms with Gasteiger partial charge in [0, 0.05) is 17.8 Å². The van der Waals surface area contributed by atoms with Gasteiger partial charge in [0.15, 0.2) is 0 Å². The number of aryl methyl sites for hydroxylation is 1. The standard InChI is InChI=1S/C14H12N2O6S/c1-9-5-6-12(16(19)20)8-13(9)23(21,22)15-11-4-2-3-10(7-11)14(17)18/h2-8,15H,1H3,(H,17,18)/p-1. The molecule has 9 heteroatoms. The van der Waals surface area contributed by atoms with Crippen molar-refractivity contribution in [3.05, 3.63) is 63.7 Å². The molecular weight excluding hydrogens is 324 g/mol. The second-order valence-electron chi connectivity index (χ2n) is 4.68. The lowest BCUT2D eigenvalue weighted by molar-refractivity contribution is -0.385.